The molecule has 0 bridgehead atoms. The highest BCUT2D eigenvalue weighted by Crippen LogP contribution is 2.09. The van der Waals surface area contributed by atoms with Gasteiger partial charge in [-0.25, -0.2) is 4.79 Å². The summed E-state index contributed by atoms with van der Waals surface area (Å²) in [7, 11) is -1.31. The molecule has 0 radical (unpaired) electrons. The standard InChI is InChI=1S/C10H13NO4S2/c1-7(12)11-9(10(13)14)6-17(15)5-8-2-3-16-4-8/h2-4,9H,5-6H2,1H3,(H,11,12)(H,13,14). The number of carbonyl (C=O) groups is 2. The molecule has 0 saturated heterocycles. The first-order valence-electron chi connectivity index (χ1n) is 4.85. The smallest absolute Gasteiger partial charge is 0.327 e. The van der Waals surface area contributed by atoms with Crippen LogP contribution in [0.2, 0.25) is 0 Å². The van der Waals surface area contributed by atoms with Gasteiger partial charge in [0.1, 0.15) is 6.04 Å². The average molecular weight is 275 g/mol. The van der Waals surface area contributed by atoms with Crippen LogP contribution in [-0.2, 0) is 26.1 Å². The van der Waals surface area contributed by atoms with Gasteiger partial charge in [-0.1, -0.05) is 0 Å². The lowest BCUT2D eigenvalue weighted by molar-refractivity contribution is -0.140. The lowest BCUT2D eigenvalue weighted by Crippen LogP contribution is -2.43. The summed E-state index contributed by atoms with van der Waals surface area (Å²) < 4.78 is 11.7. The van der Waals surface area contributed by atoms with Crippen LogP contribution >= 0.6 is 11.3 Å². The summed E-state index contributed by atoms with van der Waals surface area (Å²) in [5.74, 6) is -1.37. The summed E-state index contributed by atoms with van der Waals surface area (Å²) in [5.41, 5.74) is 0.917. The van der Waals surface area contributed by atoms with Crippen LogP contribution < -0.4 is 5.32 Å². The van der Waals surface area contributed by atoms with Gasteiger partial charge in [-0.3, -0.25) is 9.00 Å². The van der Waals surface area contributed by atoms with Gasteiger partial charge in [-0.15, -0.1) is 0 Å². The molecular weight excluding hydrogens is 262 g/mol. The number of rotatable bonds is 6. The van der Waals surface area contributed by atoms with Crippen LogP contribution in [-0.4, -0.2) is 33.0 Å². The van der Waals surface area contributed by atoms with Crippen molar-refractivity contribution in [3.63, 3.8) is 0 Å². The van der Waals surface area contributed by atoms with Crippen LogP contribution in [0.4, 0.5) is 0 Å². The third-order valence-electron chi connectivity index (χ3n) is 1.94. The number of carboxylic acids is 1. The summed E-state index contributed by atoms with van der Waals surface area (Å²) in [4.78, 5) is 21.6. The van der Waals surface area contributed by atoms with Crippen molar-refractivity contribution in [2.75, 3.05) is 5.75 Å². The second-order valence-electron chi connectivity index (χ2n) is 3.47. The second kappa shape index (κ2) is 6.51. The third kappa shape index (κ3) is 5.10. The van der Waals surface area contributed by atoms with Crippen molar-refractivity contribution in [3.8, 4) is 0 Å². The highest BCUT2D eigenvalue weighted by atomic mass is 32.2. The maximum Gasteiger partial charge on any atom is 0.327 e. The van der Waals surface area contributed by atoms with Gasteiger partial charge in [0.05, 0.1) is 5.75 Å². The fourth-order valence-electron chi connectivity index (χ4n) is 1.23. The van der Waals surface area contributed by atoms with E-state index in [9.17, 15) is 13.8 Å². The lowest BCUT2D eigenvalue weighted by atomic mass is 10.3. The van der Waals surface area contributed by atoms with Gasteiger partial charge in [0.15, 0.2) is 0 Å². The van der Waals surface area contributed by atoms with E-state index in [1.54, 1.807) is 0 Å². The number of nitrogens with one attached hydrogen (secondary N) is 1. The number of carbonyl (C=O) groups excluding carboxylic acids is 1. The van der Waals surface area contributed by atoms with E-state index in [1.165, 1.54) is 18.3 Å². The first-order valence-corrected chi connectivity index (χ1v) is 7.28. The minimum atomic E-state index is -1.31. The molecule has 94 valence electrons. The molecule has 0 spiro atoms. The Hall–Kier alpha value is -1.21. The molecule has 17 heavy (non-hydrogen) atoms. The van der Waals surface area contributed by atoms with Crippen LogP contribution in [0.3, 0.4) is 0 Å². The van der Waals surface area contributed by atoms with Crippen molar-refractivity contribution in [1.82, 2.24) is 5.32 Å². The van der Waals surface area contributed by atoms with Crippen molar-refractivity contribution in [1.29, 1.82) is 0 Å². The maximum atomic E-state index is 11.7. The molecule has 1 heterocycles. The average Bonchev–Trinajstić information content (AvgIpc) is 2.68. The fourth-order valence-corrected chi connectivity index (χ4v) is 3.27. The number of hydrogen-bond acceptors (Lipinski definition) is 4. The lowest BCUT2D eigenvalue weighted by Gasteiger charge is -2.12. The number of thiophene rings is 1. The Morgan fingerprint density at radius 1 is 1.59 bits per heavy atom. The van der Waals surface area contributed by atoms with E-state index < -0.39 is 28.7 Å². The van der Waals surface area contributed by atoms with Crippen molar-refractivity contribution in [2.24, 2.45) is 0 Å². The van der Waals surface area contributed by atoms with Gasteiger partial charge in [0.2, 0.25) is 5.91 Å². The van der Waals surface area contributed by atoms with Crippen LogP contribution in [0.1, 0.15) is 12.5 Å². The number of amides is 1. The quantitative estimate of drug-likeness (QED) is 0.795. The molecule has 1 rings (SSSR count). The molecule has 1 aromatic rings. The van der Waals surface area contributed by atoms with Crippen LogP contribution in [0.25, 0.3) is 0 Å². The van der Waals surface area contributed by atoms with Crippen LogP contribution in [0, 0.1) is 0 Å². The van der Waals surface area contributed by atoms with Crippen molar-refractivity contribution < 1.29 is 18.9 Å². The number of aliphatic carboxylic acids is 1. The minimum absolute atomic E-state index is 0.0786. The third-order valence-corrected chi connectivity index (χ3v) is 4.03. The molecule has 1 aromatic heterocycles. The van der Waals surface area contributed by atoms with Crippen molar-refractivity contribution in [3.05, 3.63) is 22.4 Å². The van der Waals surface area contributed by atoms with E-state index in [1.807, 2.05) is 16.8 Å². The molecule has 0 fully saturated rings. The number of hydrogen-bond donors (Lipinski definition) is 2. The predicted molar refractivity (Wildman–Crippen MR) is 66.3 cm³/mol. The molecule has 0 aromatic carbocycles. The van der Waals surface area contributed by atoms with Crippen molar-refractivity contribution >= 4 is 34.0 Å². The van der Waals surface area contributed by atoms with Gasteiger partial charge in [0, 0.05) is 23.5 Å². The van der Waals surface area contributed by atoms with E-state index in [4.69, 9.17) is 5.11 Å². The molecule has 2 N–H and O–H groups in total. The van der Waals surface area contributed by atoms with Gasteiger partial charge < -0.3 is 10.4 Å². The first kappa shape index (κ1) is 13.9. The maximum absolute atomic E-state index is 11.7. The van der Waals surface area contributed by atoms with Gasteiger partial charge in [-0.2, -0.15) is 11.3 Å². The molecular formula is C10H13NO4S2. The zero-order chi connectivity index (χ0) is 12.8. The van der Waals surface area contributed by atoms with E-state index >= 15 is 0 Å². The fraction of sp³-hybridized carbons (Fsp3) is 0.400. The molecule has 0 aliphatic carbocycles. The topological polar surface area (TPSA) is 83.5 Å². The minimum Gasteiger partial charge on any atom is -0.480 e. The Morgan fingerprint density at radius 2 is 2.29 bits per heavy atom. The van der Waals surface area contributed by atoms with Gasteiger partial charge >= 0.3 is 5.97 Å². The summed E-state index contributed by atoms with van der Waals surface area (Å²) in [6, 6.07) is 0.753. The van der Waals surface area contributed by atoms with Gasteiger partial charge in [-0.05, 0) is 22.4 Å². The molecule has 1 amide bonds. The monoisotopic (exact) mass is 275 g/mol. The first-order chi connectivity index (χ1) is 7.99. The molecule has 0 saturated carbocycles. The Kier molecular flexibility index (Phi) is 5.30. The van der Waals surface area contributed by atoms with E-state index in [-0.39, 0.29) is 5.75 Å². The zero-order valence-electron chi connectivity index (χ0n) is 9.21. The molecule has 7 heteroatoms. The second-order valence-corrected chi connectivity index (χ2v) is 5.76. The highest BCUT2D eigenvalue weighted by molar-refractivity contribution is 7.84. The molecule has 2 atom stereocenters. The van der Waals surface area contributed by atoms with Crippen molar-refractivity contribution in [2.45, 2.75) is 18.7 Å². The zero-order valence-corrected chi connectivity index (χ0v) is 10.8. The molecule has 0 aliphatic rings. The van der Waals surface area contributed by atoms with Gasteiger partial charge in [0.25, 0.3) is 0 Å². The number of carboxylic acid groups (broad SMARTS) is 1. The predicted octanol–water partition coefficient (Wildman–Crippen LogP) is 0.586. The molecule has 0 aliphatic heterocycles. The molecule has 2 unspecified atom stereocenters. The molecule has 5 nitrogen and oxygen atoms in total. The van der Waals surface area contributed by atoms with Crippen LogP contribution in [0.15, 0.2) is 16.8 Å². The summed E-state index contributed by atoms with van der Waals surface area (Å²) >= 11 is 1.50. The van der Waals surface area contributed by atoms with Crippen LogP contribution in [0.5, 0.6) is 0 Å². The highest BCUT2D eigenvalue weighted by Gasteiger charge is 2.21. The Labute approximate surface area is 105 Å². The normalized spacial score (nSPS) is 13.9. The van der Waals surface area contributed by atoms with E-state index in [0.717, 1.165) is 5.56 Å². The largest absolute Gasteiger partial charge is 0.480 e. The Morgan fingerprint density at radius 3 is 2.76 bits per heavy atom. The summed E-state index contributed by atoms with van der Waals surface area (Å²) in [6.07, 6.45) is 0. The van der Waals surface area contributed by atoms with E-state index in [2.05, 4.69) is 5.32 Å². The Balaban J connectivity index is 2.52. The SMILES string of the molecule is CC(=O)NC(CS(=O)Cc1ccsc1)C(=O)O. The summed E-state index contributed by atoms with van der Waals surface area (Å²) in [6.45, 7) is 1.23. The summed E-state index contributed by atoms with van der Waals surface area (Å²) in [5, 5.41) is 14.8. The van der Waals surface area contributed by atoms with E-state index in [0.29, 0.717) is 5.75 Å². The Bertz CT molecular complexity index is 416.